The second kappa shape index (κ2) is 15.4. The van der Waals surface area contributed by atoms with Gasteiger partial charge in [0.25, 0.3) is 17.7 Å². The lowest BCUT2D eigenvalue weighted by molar-refractivity contribution is -0.122. The van der Waals surface area contributed by atoms with E-state index in [0.29, 0.717) is 57.6 Å². The number of aryl methyl sites for hydroxylation is 1. The smallest absolute Gasteiger partial charge is 0.335 e. The number of hydrogen-bond donors (Lipinski definition) is 2. The molecule has 4 rings (SSSR count). The molecule has 0 radical (unpaired) electrons. The van der Waals surface area contributed by atoms with Crippen LogP contribution in [0.5, 0.6) is 23.0 Å². The highest BCUT2D eigenvalue weighted by Gasteiger charge is 2.37. The van der Waals surface area contributed by atoms with Crippen LogP contribution in [0.2, 0.25) is 0 Å². The fraction of sp³-hybridized carbons (Fsp3) is 0.273. The Bertz CT molecular complexity index is 1640. The van der Waals surface area contributed by atoms with Crippen molar-refractivity contribution in [3.05, 3.63) is 74.9 Å². The summed E-state index contributed by atoms with van der Waals surface area (Å²) in [6, 6.07) is 14.5. The lowest BCUT2D eigenvalue weighted by Crippen LogP contribution is -2.54. The third kappa shape index (κ3) is 8.32. The zero-order valence-electron chi connectivity index (χ0n) is 25.4. The Morgan fingerprint density at radius 3 is 2.38 bits per heavy atom. The molecular formula is C33H34IN3O8. The van der Waals surface area contributed by atoms with E-state index in [1.807, 2.05) is 61.6 Å². The number of hydrogen-bond acceptors (Lipinski definition) is 8. The molecular weight excluding hydrogens is 693 g/mol. The lowest BCUT2D eigenvalue weighted by atomic mass is 10.1. The molecule has 0 spiro atoms. The van der Waals surface area contributed by atoms with Crippen molar-refractivity contribution in [3.8, 4) is 23.0 Å². The van der Waals surface area contributed by atoms with Crippen LogP contribution in [0, 0.1) is 10.5 Å². The van der Waals surface area contributed by atoms with Gasteiger partial charge in [-0.15, -0.1) is 0 Å². The van der Waals surface area contributed by atoms with Gasteiger partial charge in [-0.05, 0) is 103 Å². The van der Waals surface area contributed by atoms with E-state index in [-0.39, 0.29) is 23.8 Å². The van der Waals surface area contributed by atoms with Crippen molar-refractivity contribution < 1.29 is 38.1 Å². The summed E-state index contributed by atoms with van der Waals surface area (Å²) in [5.41, 5.74) is 2.06. The maximum atomic E-state index is 13.6. The van der Waals surface area contributed by atoms with Crippen LogP contribution in [-0.4, -0.2) is 50.2 Å². The molecule has 11 nitrogen and oxygen atoms in total. The number of carbonyl (C=O) groups is 4. The van der Waals surface area contributed by atoms with Crippen molar-refractivity contribution in [2.75, 3.05) is 36.6 Å². The van der Waals surface area contributed by atoms with E-state index < -0.39 is 17.8 Å². The minimum Gasteiger partial charge on any atom is -0.490 e. The van der Waals surface area contributed by atoms with Crippen molar-refractivity contribution in [2.45, 2.75) is 34.1 Å². The third-order valence-electron chi connectivity index (χ3n) is 6.34. The molecule has 0 bridgehead atoms. The SMILES string of the molecule is CCCOc1ccc(N2C(=O)NC(=O)/C(=C\c3cc(I)c(OCC(=O)Nc4cccc(C)c4)c(OCC)c3)C2=O)cc1OCC. The van der Waals surface area contributed by atoms with Gasteiger partial charge in [-0.1, -0.05) is 19.1 Å². The molecule has 1 fully saturated rings. The van der Waals surface area contributed by atoms with E-state index in [1.54, 1.807) is 37.3 Å². The predicted octanol–water partition coefficient (Wildman–Crippen LogP) is 5.87. The molecule has 236 valence electrons. The van der Waals surface area contributed by atoms with Gasteiger partial charge in [0.05, 0.1) is 29.1 Å². The van der Waals surface area contributed by atoms with Crippen molar-refractivity contribution in [3.63, 3.8) is 0 Å². The van der Waals surface area contributed by atoms with Gasteiger partial charge in [-0.25, -0.2) is 9.69 Å². The van der Waals surface area contributed by atoms with E-state index in [4.69, 9.17) is 18.9 Å². The zero-order chi connectivity index (χ0) is 32.5. The summed E-state index contributed by atoms with van der Waals surface area (Å²) in [5, 5.41) is 5.03. The van der Waals surface area contributed by atoms with Crippen LogP contribution < -0.4 is 34.5 Å². The van der Waals surface area contributed by atoms with Gasteiger partial charge < -0.3 is 24.3 Å². The number of benzene rings is 3. The molecule has 0 atom stereocenters. The molecule has 0 saturated carbocycles. The van der Waals surface area contributed by atoms with Gasteiger partial charge in [0.1, 0.15) is 5.57 Å². The van der Waals surface area contributed by atoms with Crippen molar-refractivity contribution in [2.24, 2.45) is 0 Å². The van der Waals surface area contributed by atoms with Crippen LogP contribution in [0.1, 0.15) is 38.3 Å². The Balaban J connectivity index is 1.59. The predicted molar refractivity (Wildman–Crippen MR) is 178 cm³/mol. The maximum Gasteiger partial charge on any atom is 0.335 e. The molecule has 0 unspecified atom stereocenters. The van der Waals surface area contributed by atoms with Gasteiger partial charge in [0, 0.05) is 11.8 Å². The Morgan fingerprint density at radius 1 is 0.911 bits per heavy atom. The number of anilines is 2. The highest BCUT2D eigenvalue weighted by Crippen LogP contribution is 2.36. The molecule has 3 aromatic rings. The monoisotopic (exact) mass is 727 g/mol. The maximum absolute atomic E-state index is 13.6. The Morgan fingerprint density at radius 2 is 1.67 bits per heavy atom. The number of halogens is 1. The number of carbonyl (C=O) groups excluding carboxylic acids is 4. The van der Waals surface area contributed by atoms with Crippen LogP contribution in [0.3, 0.4) is 0 Å². The van der Waals surface area contributed by atoms with Gasteiger partial charge in [0.2, 0.25) is 0 Å². The van der Waals surface area contributed by atoms with Crippen LogP contribution in [0.25, 0.3) is 6.08 Å². The normalized spacial score (nSPS) is 13.8. The Kier molecular flexibility index (Phi) is 11.4. The average Bonchev–Trinajstić information content (AvgIpc) is 2.98. The first kappa shape index (κ1) is 33.3. The second-order valence-corrected chi connectivity index (χ2v) is 11.0. The molecule has 1 saturated heterocycles. The molecule has 3 aromatic carbocycles. The van der Waals surface area contributed by atoms with Crippen LogP contribution in [0.4, 0.5) is 16.2 Å². The van der Waals surface area contributed by atoms with Crippen molar-refractivity contribution in [1.82, 2.24) is 5.32 Å². The number of urea groups is 1. The quantitative estimate of drug-likeness (QED) is 0.127. The second-order valence-electron chi connectivity index (χ2n) is 9.84. The number of nitrogens with one attached hydrogen (secondary N) is 2. The molecule has 5 amide bonds. The molecule has 1 aliphatic rings. The lowest BCUT2D eigenvalue weighted by Gasteiger charge is -2.27. The summed E-state index contributed by atoms with van der Waals surface area (Å²) >= 11 is 2.03. The summed E-state index contributed by atoms with van der Waals surface area (Å²) in [6.45, 7) is 8.34. The molecule has 12 heteroatoms. The van der Waals surface area contributed by atoms with E-state index in [0.717, 1.165) is 16.9 Å². The minimum atomic E-state index is -0.885. The number of ether oxygens (including phenoxy) is 4. The highest BCUT2D eigenvalue weighted by molar-refractivity contribution is 14.1. The standard InChI is InChI=1S/C33H34IN3O8/c1-5-13-44-26-12-11-23(18-27(26)42-6-2)37-32(40)24(31(39)36-33(37)41)15-21-16-25(34)30(28(17-21)43-7-3)45-19-29(38)35-22-10-8-9-20(4)14-22/h8-12,14-18H,5-7,13,19H2,1-4H3,(H,35,38)(H,36,39,41)/b24-15+. The fourth-order valence-electron chi connectivity index (χ4n) is 4.43. The third-order valence-corrected chi connectivity index (χ3v) is 7.14. The number of imide groups is 2. The number of rotatable bonds is 13. The van der Waals surface area contributed by atoms with E-state index in [1.165, 1.54) is 12.1 Å². The highest BCUT2D eigenvalue weighted by atomic mass is 127. The summed E-state index contributed by atoms with van der Waals surface area (Å²) in [6.07, 6.45) is 2.16. The van der Waals surface area contributed by atoms with Gasteiger partial charge in [-0.3, -0.25) is 19.7 Å². The molecule has 1 heterocycles. The summed E-state index contributed by atoms with van der Waals surface area (Å²) in [5.74, 6) is -0.497. The molecule has 0 aliphatic carbocycles. The van der Waals surface area contributed by atoms with Crippen molar-refractivity contribution in [1.29, 1.82) is 0 Å². The van der Waals surface area contributed by atoms with Gasteiger partial charge >= 0.3 is 6.03 Å². The molecule has 45 heavy (non-hydrogen) atoms. The zero-order valence-corrected chi connectivity index (χ0v) is 27.6. The minimum absolute atomic E-state index is 0.209. The molecule has 0 aromatic heterocycles. The van der Waals surface area contributed by atoms with E-state index in [2.05, 4.69) is 10.6 Å². The van der Waals surface area contributed by atoms with E-state index in [9.17, 15) is 19.2 Å². The Labute approximate surface area is 275 Å². The molecule has 1 aliphatic heterocycles. The van der Waals surface area contributed by atoms with Crippen molar-refractivity contribution >= 4 is 63.8 Å². The van der Waals surface area contributed by atoms with Crippen LogP contribution in [0.15, 0.2) is 60.2 Å². The van der Waals surface area contributed by atoms with Crippen LogP contribution in [-0.2, 0) is 14.4 Å². The van der Waals surface area contributed by atoms with E-state index >= 15 is 0 Å². The first-order chi connectivity index (χ1) is 21.6. The van der Waals surface area contributed by atoms with Crippen LogP contribution >= 0.6 is 22.6 Å². The first-order valence-electron chi connectivity index (χ1n) is 14.4. The van der Waals surface area contributed by atoms with Gasteiger partial charge in [-0.2, -0.15) is 0 Å². The first-order valence-corrected chi connectivity index (χ1v) is 15.5. The summed E-state index contributed by atoms with van der Waals surface area (Å²) in [7, 11) is 0. The largest absolute Gasteiger partial charge is 0.490 e. The number of amides is 5. The number of barbiturate groups is 1. The average molecular weight is 728 g/mol. The summed E-state index contributed by atoms with van der Waals surface area (Å²) < 4.78 is 23.6. The number of nitrogens with zero attached hydrogens (tertiary/aromatic N) is 1. The van der Waals surface area contributed by atoms with Gasteiger partial charge in [0.15, 0.2) is 29.6 Å². The summed E-state index contributed by atoms with van der Waals surface area (Å²) in [4.78, 5) is 52.7. The fourth-order valence-corrected chi connectivity index (χ4v) is 5.21. The Hall–Kier alpha value is -4.59. The molecule has 2 N–H and O–H groups in total. The topological polar surface area (TPSA) is 132 Å².